The molecule has 0 atom stereocenters. The fraction of sp³-hybridized carbons (Fsp3) is 0.700. The largest absolute Gasteiger partial charge is 0.300 e. The van der Waals surface area contributed by atoms with E-state index in [1.807, 2.05) is 0 Å². The highest BCUT2D eigenvalue weighted by Crippen LogP contribution is 2.30. The maximum absolute atomic E-state index is 5.36. The van der Waals surface area contributed by atoms with E-state index in [0.717, 1.165) is 11.6 Å². The molecule has 1 aromatic heterocycles. The zero-order valence-corrected chi connectivity index (χ0v) is 10.1. The van der Waals surface area contributed by atoms with Crippen LogP contribution < -0.4 is 11.3 Å². The van der Waals surface area contributed by atoms with E-state index < -0.39 is 0 Å². The molecule has 1 heterocycles. The van der Waals surface area contributed by atoms with Crippen LogP contribution in [0.4, 0.5) is 5.13 Å². The first kappa shape index (κ1) is 11.5. The molecule has 0 fully saturated rings. The molecule has 80 valence electrons. The smallest absolute Gasteiger partial charge is 0.197 e. The normalized spacial score (nSPS) is 11.4. The molecule has 3 N–H and O–H groups in total. The van der Waals surface area contributed by atoms with Crippen molar-refractivity contribution in [3.63, 3.8) is 0 Å². The fourth-order valence-electron chi connectivity index (χ4n) is 1.41. The van der Waals surface area contributed by atoms with E-state index in [9.17, 15) is 0 Å². The summed E-state index contributed by atoms with van der Waals surface area (Å²) in [6.45, 7) is 8.80. The molecule has 4 heteroatoms. The molecule has 0 bridgehead atoms. The standard InChI is InChI=1S/C10H19N3S/c1-6(2)5-8-9(7(3)4)14-10(12-8)13-11/h6-7H,5,11H2,1-4H3,(H,12,13). The van der Waals surface area contributed by atoms with E-state index in [2.05, 4.69) is 38.1 Å². The molecule has 1 rings (SSSR count). The van der Waals surface area contributed by atoms with Crippen LogP contribution in [0.15, 0.2) is 0 Å². The maximum Gasteiger partial charge on any atom is 0.197 e. The minimum absolute atomic E-state index is 0.531. The Hall–Kier alpha value is -0.610. The van der Waals surface area contributed by atoms with Gasteiger partial charge in [-0.15, -0.1) is 11.3 Å². The molecular formula is C10H19N3S. The number of aromatic nitrogens is 1. The van der Waals surface area contributed by atoms with Crippen molar-refractivity contribution in [2.45, 2.75) is 40.0 Å². The van der Waals surface area contributed by atoms with Crippen LogP contribution in [0.1, 0.15) is 44.2 Å². The van der Waals surface area contributed by atoms with E-state index in [1.165, 1.54) is 10.6 Å². The number of rotatable bonds is 4. The van der Waals surface area contributed by atoms with Crippen LogP contribution in [-0.4, -0.2) is 4.98 Å². The second-order valence-electron chi connectivity index (χ2n) is 4.23. The molecule has 0 unspecified atom stereocenters. The van der Waals surface area contributed by atoms with Gasteiger partial charge in [-0.2, -0.15) is 0 Å². The summed E-state index contributed by atoms with van der Waals surface area (Å²) in [5, 5.41) is 0.823. The van der Waals surface area contributed by atoms with Gasteiger partial charge in [-0.1, -0.05) is 27.7 Å². The molecule has 0 radical (unpaired) electrons. The van der Waals surface area contributed by atoms with Crippen LogP contribution in [0.2, 0.25) is 0 Å². The van der Waals surface area contributed by atoms with Crippen molar-refractivity contribution in [3.05, 3.63) is 10.6 Å². The molecule has 0 saturated heterocycles. The summed E-state index contributed by atoms with van der Waals surface area (Å²) in [5.41, 5.74) is 3.83. The zero-order chi connectivity index (χ0) is 10.7. The number of nitrogens with two attached hydrogens (primary N) is 1. The SMILES string of the molecule is CC(C)Cc1nc(NN)sc1C(C)C. The molecule has 0 aliphatic rings. The predicted octanol–water partition coefficient (Wildman–Crippen LogP) is 2.75. The quantitative estimate of drug-likeness (QED) is 0.597. The van der Waals surface area contributed by atoms with Crippen molar-refractivity contribution in [3.8, 4) is 0 Å². The number of hydrogen-bond acceptors (Lipinski definition) is 4. The summed E-state index contributed by atoms with van der Waals surface area (Å²) in [7, 11) is 0. The van der Waals surface area contributed by atoms with Gasteiger partial charge >= 0.3 is 0 Å². The van der Waals surface area contributed by atoms with Crippen LogP contribution in [0, 0.1) is 5.92 Å². The van der Waals surface area contributed by atoms with Crippen LogP contribution in [0.5, 0.6) is 0 Å². The first-order chi connectivity index (χ1) is 6.54. The van der Waals surface area contributed by atoms with Gasteiger partial charge in [-0.3, -0.25) is 5.43 Å². The van der Waals surface area contributed by atoms with Gasteiger partial charge in [0.25, 0.3) is 0 Å². The second-order valence-corrected chi connectivity index (χ2v) is 5.26. The molecule has 0 amide bonds. The first-order valence-electron chi connectivity index (χ1n) is 5.00. The molecule has 0 aliphatic heterocycles. The summed E-state index contributed by atoms with van der Waals surface area (Å²) < 4.78 is 0. The summed E-state index contributed by atoms with van der Waals surface area (Å²) in [4.78, 5) is 5.83. The Morgan fingerprint density at radius 1 is 1.36 bits per heavy atom. The predicted molar refractivity (Wildman–Crippen MR) is 62.6 cm³/mol. The summed E-state index contributed by atoms with van der Waals surface area (Å²) in [6.07, 6.45) is 1.03. The Kier molecular flexibility index (Phi) is 3.89. The first-order valence-corrected chi connectivity index (χ1v) is 5.82. The Morgan fingerprint density at radius 3 is 2.43 bits per heavy atom. The van der Waals surface area contributed by atoms with Crippen LogP contribution in [0.25, 0.3) is 0 Å². The van der Waals surface area contributed by atoms with E-state index in [1.54, 1.807) is 11.3 Å². The van der Waals surface area contributed by atoms with Gasteiger partial charge in [-0.25, -0.2) is 10.8 Å². The maximum atomic E-state index is 5.36. The molecule has 1 aromatic rings. The molecule has 0 saturated carbocycles. The highest BCUT2D eigenvalue weighted by atomic mass is 32.1. The lowest BCUT2D eigenvalue weighted by Gasteiger charge is -2.06. The molecule has 0 spiro atoms. The van der Waals surface area contributed by atoms with Crippen LogP contribution >= 0.6 is 11.3 Å². The number of hydrogen-bond donors (Lipinski definition) is 2. The lowest BCUT2D eigenvalue weighted by atomic mass is 10.0. The molecule has 0 aromatic carbocycles. The van der Waals surface area contributed by atoms with Crippen molar-refractivity contribution >= 4 is 16.5 Å². The van der Waals surface area contributed by atoms with Crippen molar-refractivity contribution in [2.75, 3.05) is 5.43 Å². The van der Waals surface area contributed by atoms with E-state index in [-0.39, 0.29) is 0 Å². The van der Waals surface area contributed by atoms with Gasteiger partial charge in [-0.05, 0) is 18.3 Å². The van der Waals surface area contributed by atoms with Crippen LogP contribution in [0.3, 0.4) is 0 Å². The van der Waals surface area contributed by atoms with Crippen molar-refractivity contribution in [2.24, 2.45) is 11.8 Å². The third-order valence-electron chi connectivity index (χ3n) is 1.98. The average molecular weight is 213 g/mol. The summed E-state index contributed by atoms with van der Waals surface area (Å²) >= 11 is 1.66. The highest BCUT2D eigenvalue weighted by molar-refractivity contribution is 7.15. The van der Waals surface area contributed by atoms with E-state index in [0.29, 0.717) is 11.8 Å². The zero-order valence-electron chi connectivity index (χ0n) is 9.29. The van der Waals surface area contributed by atoms with Gasteiger partial charge in [0.2, 0.25) is 0 Å². The minimum atomic E-state index is 0.531. The lowest BCUT2D eigenvalue weighted by molar-refractivity contribution is 0.630. The number of anilines is 1. The minimum Gasteiger partial charge on any atom is -0.300 e. The van der Waals surface area contributed by atoms with E-state index >= 15 is 0 Å². The molecular weight excluding hydrogens is 194 g/mol. The Balaban J connectivity index is 2.93. The summed E-state index contributed by atoms with van der Waals surface area (Å²) in [5.74, 6) is 6.53. The van der Waals surface area contributed by atoms with Gasteiger partial charge in [0.05, 0.1) is 5.69 Å². The topological polar surface area (TPSA) is 50.9 Å². The second kappa shape index (κ2) is 4.75. The van der Waals surface area contributed by atoms with Gasteiger partial charge < -0.3 is 0 Å². The number of nitrogens with zero attached hydrogens (tertiary/aromatic N) is 1. The fourth-order valence-corrected chi connectivity index (χ4v) is 2.31. The third-order valence-corrected chi connectivity index (χ3v) is 3.31. The highest BCUT2D eigenvalue weighted by Gasteiger charge is 2.14. The number of hydrazine groups is 1. The number of nitrogens with one attached hydrogen (secondary N) is 1. The molecule has 3 nitrogen and oxygen atoms in total. The molecule has 14 heavy (non-hydrogen) atoms. The monoisotopic (exact) mass is 213 g/mol. The molecule has 0 aliphatic carbocycles. The Morgan fingerprint density at radius 2 is 2.00 bits per heavy atom. The summed E-state index contributed by atoms with van der Waals surface area (Å²) in [6, 6.07) is 0. The van der Waals surface area contributed by atoms with Gasteiger partial charge in [0.15, 0.2) is 5.13 Å². The van der Waals surface area contributed by atoms with Crippen molar-refractivity contribution in [1.82, 2.24) is 4.98 Å². The van der Waals surface area contributed by atoms with Crippen molar-refractivity contribution in [1.29, 1.82) is 0 Å². The van der Waals surface area contributed by atoms with Gasteiger partial charge in [0, 0.05) is 4.88 Å². The Labute approximate surface area is 89.7 Å². The number of thiazole rings is 1. The third kappa shape index (κ3) is 2.69. The average Bonchev–Trinajstić information content (AvgIpc) is 2.46. The van der Waals surface area contributed by atoms with Crippen LogP contribution in [-0.2, 0) is 6.42 Å². The van der Waals surface area contributed by atoms with Gasteiger partial charge in [0.1, 0.15) is 0 Å². The van der Waals surface area contributed by atoms with Crippen molar-refractivity contribution < 1.29 is 0 Å². The lowest BCUT2D eigenvalue weighted by Crippen LogP contribution is -2.06. The van der Waals surface area contributed by atoms with E-state index in [4.69, 9.17) is 5.84 Å². The Bertz CT molecular complexity index is 292. The number of nitrogen functional groups attached to an aromatic ring is 1.